The van der Waals surface area contributed by atoms with Crippen molar-refractivity contribution < 1.29 is 23.8 Å². The van der Waals surface area contributed by atoms with E-state index in [1.807, 2.05) is 18.2 Å². The van der Waals surface area contributed by atoms with E-state index in [1.54, 1.807) is 36.3 Å². The predicted octanol–water partition coefficient (Wildman–Crippen LogP) is 2.55. The van der Waals surface area contributed by atoms with Crippen LogP contribution in [0.2, 0.25) is 0 Å². The molecule has 2 amide bonds. The molecule has 1 saturated heterocycles. The number of hydrogen-bond acceptors (Lipinski definition) is 5. The van der Waals surface area contributed by atoms with E-state index in [-0.39, 0.29) is 18.6 Å². The van der Waals surface area contributed by atoms with Crippen LogP contribution in [0.1, 0.15) is 18.4 Å². The average molecular weight is 368 g/mol. The molecule has 0 bridgehead atoms. The van der Waals surface area contributed by atoms with Crippen LogP contribution in [-0.4, -0.2) is 36.7 Å². The normalized spacial score (nSPS) is 17.9. The summed E-state index contributed by atoms with van der Waals surface area (Å²) in [5.41, 5.74) is 1.54. The zero-order valence-corrected chi connectivity index (χ0v) is 14.9. The molecule has 2 aromatic rings. The lowest BCUT2D eigenvalue weighted by Gasteiger charge is -2.24. The largest absolute Gasteiger partial charge is 0.497 e. The molecule has 2 aliphatic rings. The molecular formula is C20H20N2O5. The third kappa shape index (κ3) is 3.53. The van der Waals surface area contributed by atoms with Gasteiger partial charge in [0.15, 0.2) is 11.5 Å². The van der Waals surface area contributed by atoms with Crippen molar-refractivity contribution in [1.29, 1.82) is 0 Å². The van der Waals surface area contributed by atoms with Crippen LogP contribution < -0.4 is 19.5 Å². The Morgan fingerprint density at radius 1 is 1.22 bits per heavy atom. The van der Waals surface area contributed by atoms with Crippen LogP contribution in [0.4, 0.5) is 5.69 Å². The molecule has 27 heavy (non-hydrogen) atoms. The number of amides is 2. The van der Waals surface area contributed by atoms with Crippen LogP contribution in [0.5, 0.6) is 17.2 Å². The van der Waals surface area contributed by atoms with Crippen LogP contribution in [0.3, 0.4) is 0 Å². The number of carbonyl (C=O) groups is 2. The number of anilines is 1. The van der Waals surface area contributed by atoms with Crippen LogP contribution in [0, 0.1) is 0 Å². The summed E-state index contributed by atoms with van der Waals surface area (Å²) in [6.07, 6.45) is 0.861. The molecular weight excluding hydrogens is 348 g/mol. The summed E-state index contributed by atoms with van der Waals surface area (Å²) in [7, 11) is 1.57. The van der Waals surface area contributed by atoms with E-state index >= 15 is 0 Å². The van der Waals surface area contributed by atoms with Crippen molar-refractivity contribution in [2.45, 2.75) is 25.4 Å². The molecule has 4 rings (SSSR count). The fourth-order valence-corrected chi connectivity index (χ4v) is 3.37. The lowest BCUT2D eigenvalue weighted by Crippen LogP contribution is -2.41. The van der Waals surface area contributed by atoms with E-state index in [1.165, 1.54) is 0 Å². The summed E-state index contributed by atoms with van der Waals surface area (Å²) in [5, 5.41) is 2.88. The maximum atomic E-state index is 12.8. The number of hydrogen-bond donors (Lipinski definition) is 1. The van der Waals surface area contributed by atoms with Gasteiger partial charge in [-0.15, -0.1) is 0 Å². The van der Waals surface area contributed by atoms with E-state index < -0.39 is 6.04 Å². The van der Waals surface area contributed by atoms with Gasteiger partial charge in [0.2, 0.25) is 18.6 Å². The molecule has 7 nitrogen and oxygen atoms in total. The first-order valence-corrected chi connectivity index (χ1v) is 8.77. The second-order valence-corrected chi connectivity index (χ2v) is 6.48. The summed E-state index contributed by atoms with van der Waals surface area (Å²) in [5.74, 6) is 1.79. The number of carbonyl (C=O) groups excluding carboxylic acids is 2. The number of ether oxygens (including phenoxy) is 3. The molecule has 7 heteroatoms. The number of likely N-dealkylation sites (tertiary alicyclic amines) is 1. The molecule has 1 N–H and O–H groups in total. The van der Waals surface area contributed by atoms with Crippen molar-refractivity contribution in [3.05, 3.63) is 48.0 Å². The third-order valence-corrected chi connectivity index (χ3v) is 4.76. The minimum absolute atomic E-state index is 0.0292. The molecule has 1 atom stereocenters. The highest BCUT2D eigenvalue weighted by Gasteiger charge is 2.36. The van der Waals surface area contributed by atoms with Crippen molar-refractivity contribution in [3.63, 3.8) is 0 Å². The van der Waals surface area contributed by atoms with Gasteiger partial charge in [-0.2, -0.15) is 0 Å². The lowest BCUT2D eigenvalue weighted by molar-refractivity contribution is -0.133. The lowest BCUT2D eigenvalue weighted by atomic mass is 10.1. The van der Waals surface area contributed by atoms with Crippen molar-refractivity contribution in [1.82, 2.24) is 4.90 Å². The number of nitrogens with one attached hydrogen (secondary N) is 1. The first-order valence-electron chi connectivity index (χ1n) is 8.77. The predicted molar refractivity (Wildman–Crippen MR) is 97.8 cm³/mol. The molecule has 0 saturated carbocycles. The topological polar surface area (TPSA) is 77.1 Å². The summed E-state index contributed by atoms with van der Waals surface area (Å²) in [6, 6.07) is 12.2. The van der Waals surface area contributed by atoms with Gasteiger partial charge < -0.3 is 24.4 Å². The highest BCUT2D eigenvalue weighted by molar-refractivity contribution is 5.99. The molecule has 1 fully saturated rings. The number of rotatable bonds is 5. The van der Waals surface area contributed by atoms with Gasteiger partial charge in [-0.3, -0.25) is 9.59 Å². The minimum atomic E-state index is -0.505. The van der Waals surface area contributed by atoms with Gasteiger partial charge in [-0.25, -0.2) is 0 Å². The molecule has 140 valence electrons. The van der Waals surface area contributed by atoms with E-state index in [9.17, 15) is 9.59 Å². The van der Waals surface area contributed by atoms with Gasteiger partial charge in [0.25, 0.3) is 0 Å². The Kier molecular flexibility index (Phi) is 4.58. The van der Waals surface area contributed by atoms with E-state index in [0.717, 1.165) is 5.56 Å². The maximum absolute atomic E-state index is 12.8. The van der Waals surface area contributed by atoms with Crippen molar-refractivity contribution >= 4 is 17.5 Å². The smallest absolute Gasteiger partial charge is 0.247 e. The average Bonchev–Trinajstić information content (AvgIpc) is 3.28. The Morgan fingerprint density at radius 3 is 2.93 bits per heavy atom. The fourth-order valence-electron chi connectivity index (χ4n) is 3.37. The van der Waals surface area contributed by atoms with Gasteiger partial charge in [-0.05, 0) is 36.2 Å². The first-order chi connectivity index (χ1) is 13.1. The Morgan fingerprint density at radius 2 is 2.07 bits per heavy atom. The number of benzene rings is 2. The Labute approximate surface area is 156 Å². The molecule has 0 spiro atoms. The monoisotopic (exact) mass is 368 g/mol. The summed E-state index contributed by atoms with van der Waals surface area (Å²) in [4.78, 5) is 26.7. The SMILES string of the molecule is COc1cccc(NC(=O)C2CCC(=O)N2Cc2ccc3c(c2)OCO3)c1. The van der Waals surface area contributed by atoms with E-state index in [0.29, 0.717) is 42.3 Å². The molecule has 2 aromatic carbocycles. The maximum Gasteiger partial charge on any atom is 0.247 e. The van der Waals surface area contributed by atoms with Gasteiger partial charge in [-0.1, -0.05) is 12.1 Å². The molecule has 0 aromatic heterocycles. The van der Waals surface area contributed by atoms with Crippen LogP contribution >= 0.6 is 0 Å². The molecule has 2 heterocycles. The number of nitrogens with zero attached hydrogens (tertiary/aromatic N) is 1. The number of fused-ring (bicyclic) bond motifs is 1. The highest BCUT2D eigenvalue weighted by Crippen LogP contribution is 2.33. The van der Waals surface area contributed by atoms with Crippen LogP contribution in [0.25, 0.3) is 0 Å². The fraction of sp³-hybridized carbons (Fsp3) is 0.300. The Hall–Kier alpha value is -3.22. The first kappa shape index (κ1) is 17.2. The van der Waals surface area contributed by atoms with Crippen LogP contribution in [-0.2, 0) is 16.1 Å². The van der Waals surface area contributed by atoms with E-state index in [2.05, 4.69) is 5.32 Å². The van der Waals surface area contributed by atoms with E-state index in [4.69, 9.17) is 14.2 Å². The van der Waals surface area contributed by atoms with Crippen LogP contribution in [0.15, 0.2) is 42.5 Å². The van der Waals surface area contributed by atoms with Gasteiger partial charge in [0.05, 0.1) is 7.11 Å². The Balaban J connectivity index is 1.48. The molecule has 2 aliphatic heterocycles. The van der Waals surface area contributed by atoms with Gasteiger partial charge >= 0.3 is 0 Å². The Bertz CT molecular complexity index is 882. The molecule has 0 radical (unpaired) electrons. The van der Waals surface area contributed by atoms with Gasteiger partial charge in [0.1, 0.15) is 11.8 Å². The summed E-state index contributed by atoms with van der Waals surface area (Å²) < 4.78 is 15.9. The molecule has 1 unspecified atom stereocenters. The highest BCUT2D eigenvalue weighted by atomic mass is 16.7. The second kappa shape index (κ2) is 7.19. The summed E-state index contributed by atoms with van der Waals surface area (Å²) in [6.45, 7) is 0.554. The second-order valence-electron chi connectivity index (χ2n) is 6.48. The zero-order valence-electron chi connectivity index (χ0n) is 14.9. The standard InChI is InChI=1S/C20H20N2O5/c1-25-15-4-2-3-14(10-15)21-20(24)16-6-8-19(23)22(16)11-13-5-7-17-18(9-13)27-12-26-17/h2-5,7,9-10,16H,6,8,11-12H2,1H3,(H,21,24). The van der Waals surface area contributed by atoms with Crippen molar-refractivity contribution in [2.75, 3.05) is 19.2 Å². The molecule has 0 aliphatic carbocycles. The zero-order chi connectivity index (χ0) is 18.8. The third-order valence-electron chi connectivity index (χ3n) is 4.76. The van der Waals surface area contributed by atoms with Crippen molar-refractivity contribution in [3.8, 4) is 17.2 Å². The van der Waals surface area contributed by atoms with Gasteiger partial charge in [0, 0.05) is 24.7 Å². The quantitative estimate of drug-likeness (QED) is 0.878. The minimum Gasteiger partial charge on any atom is -0.497 e. The van der Waals surface area contributed by atoms with Crippen molar-refractivity contribution in [2.24, 2.45) is 0 Å². The summed E-state index contributed by atoms with van der Waals surface area (Å²) >= 11 is 0. The number of methoxy groups -OCH3 is 1.